The molecule has 1 aliphatic rings. The Bertz CT molecular complexity index is 1060. The first-order valence-corrected chi connectivity index (χ1v) is 10.4. The van der Waals surface area contributed by atoms with Crippen LogP contribution in [0.25, 0.3) is 0 Å². The highest BCUT2D eigenvalue weighted by Crippen LogP contribution is 2.26. The Hall–Kier alpha value is -3.05. The van der Waals surface area contributed by atoms with Crippen molar-refractivity contribution in [3.63, 3.8) is 0 Å². The molecule has 9 nitrogen and oxygen atoms in total. The number of nitrogens with zero attached hydrogens (tertiary/aromatic N) is 3. The topological polar surface area (TPSA) is 126 Å². The van der Waals surface area contributed by atoms with Crippen LogP contribution < -0.4 is 10.6 Å². The van der Waals surface area contributed by atoms with Crippen LogP contribution in [-0.2, 0) is 9.59 Å². The zero-order valence-corrected chi connectivity index (χ0v) is 18.1. The van der Waals surface area contributed by atoms with Crippen LogP contribution >= 0.6 is 27.7 Å². The van der Waals surface area contributed by atoms with Crippen molar-refractivity contribution in [1.82, 2.24) is 5.32 Å². The highest BCUT2D eigenvalue weighted by Gasteiger charge is 2.32. The van der Waals surface area contributed by atoms with E-state index >= 15 is 0 Å². The average molecular weight is 490 g/mol. The van der Waals surface area contributed by atoms with Crippen molar-refractivity contribution in [1.29, 1.82) is 0 Å². The summed E-state index contributed by atoms with van der Waals surface area (Å²) in [4.78, 5) is 34.9. The van der Waals surface area contributed by atoms with Crippen LogP contribution in [0.15, 0.2) is 63.2 Å². The summed E-state index contributed by atoms with van der Waals surface area (Å²) >= 11 is 4.46. The number of hydrogen-bond acceptors (Lipinski definition) is 7. The quantitative estimate of drug-likeness (QED) is 0.363. The highest BCUT2D eigenvalue weighted by molar-refractivity contribution is 9.10. The van der Waals surface area contributed by atoms with Crippen LogP contribution in [0.3, 0.4) is 0 Å². The molecule has 0 bridgehead atoms. The summed E-state index contributed by atoms with van der Waals surface area (Å²) in [5.74, 6) is -0.874. The molecule has 1 unspecified atom stereocenters. The summed E-state index contributed by atoms with van der Waals surface area (Å²) in [5, 5.41) is 23.9. The SMILES string of the molecule is CC(=N/N=C1\NC(=O)C(CC(=O)Nc2ccccc2[N+](=O)[O-])S1)c1ccc(Br)cc1. The number of rotatable bonds is 6. The van der Waals surface area contributed by atoms with Gasteiger partial charge in [-0.1, -0.05) is 52.0 Å². The number of nitro groups is 1. The molecule has 0 saturated carbocycles. The number of nitro benzene ring substituents is 1. The predicted molar refractivity (Wildman–Crippen MR) is 120 cm³/mol. The second-order valence-electron chi connectivity index (χ2n) is 6.22. The summed E-state index contributed by atoms with van der Waals surface area (Å²) in [6.07, 6.45) is -0.156. The maximum Gasteiger partial charge on any atom is 0.292 e. The fourth-order valence-corrected chi connectivity index (χ4v) is 3.75. The largest absolute Gasteiger partial charge is 0.320 e. The molecule has 154 valence electrons. The molecule has 11 heteroatoms. The Morgan fingerprint density at radius 3 is 2.67 bits per heavy atom. The first-order chi connectivity index (χ1) is 14.3. The van der Waals surface area contributed by atoms with E-state index in [1.807, 2.05) is 24.3 Å². The van der Waals surface area contributed by atoms with E-state index in [1.54, 1.807) is 13.0 Å². The van der Waals surface area contributed by atoms with E-state index in [-0.39, 0.29) is 23.7 Å². The van der Waals surface area contributed by atoms with Gasteiger partial charge in [0.05, 0.1) is 10.6 Å². The van der Waals surface area contributed by atoms with Gasteiger partial charge in [0.1, 0.15) is 10.9 Å². The number of carbonyl (C=O) groups excluding carboxylic acids is 2. The minimum Gasteiger partial charge on any atom is -0.320 e. The Morgan fingerprint density at radius 2 is 1.97 bits per heavy atom. The fourth-order valence-electron chi connectivity index (χ4n) is 2.56. The molecule has 2 aromatic rings. The minimum absolute atomic E-state index is 0.0829. The first-order valence-electron chi connectivity index (χ1n) is 8.72. The fraction of sp³-hybridized carbons (Fsp3) is 0.158. The molecule has 1 atom stereocenters. The highest BCUT2D eigenvalue weighted by atomic mass is 79.9. The van der Waals surface area contributed by atoms with Gasteiger partial charge < -0.3 is 10.6 Å². The third-order valence-electron chi connectivity index (χ3n) is 4.07. The molecule has 2 N–H and O–H groups in total. The van der Waals surface area contributed by atoms with Crippen molar-refractivity contribution in [3.05, 3.63) is 68.7 Å². The van der Waals surface area contributed by atoms with Gasteiger partial charge in [-0.05, 0) is 30.7 Å². The number of amidine groups is 1. The molecule has 2 aromatic carbocycles. The number of nitrogens with one attached hydrogen (secondary N) is 2. The number of halogens is 1. The van der Waals surface area contributed by atoms with E-state index in [9.17, 15) is 19.7 Å². The lowest BCUT2D eigenvalue weighted by molar-refractivity contribution is -0.383. The summed E-state index contributed by atoms with van der Waals surface area (Å²) in [5.41, 5.74) is 1.42. The number of hydrogen-bond donors (Lipinski definition) is 2. The zero-order chi connectivity index (χ0) is 21.7. The molecule has 0 spiro atoms. The number of benzene rings is 2. The molecule has 0 aliphatic carbocycles. The van der Waals surface area contributed by atoms with Crippen molar-refractivity contribution in [2.45, 2.75) is 18.6 Å². The van der Waals surface area contributed by atoms with E-state index in [0.717, 1.165) is 21.8 Å². The lowest BCUT2D eigenvalue weighted by Gasteiger charge is -2.07. The Balaban J connectivity index is 1.62. The molecule has 3 rings (SSSR count). The number of carbonyl (C=O) groups is 2. The first kappa shape index (κ1) is 21.7. The second kappa shape index (κ2) is 9.63. The van der Waals surface area contributed by atoms with Crippen molar-refractivity contribution >= 4 is 61.8 Å². The van der Waals surface area contributed by atoms with Crippen molar-refractivity contribution in [2.75, 3.05) is 5.32 Å². The monoisotopic (exact) mass is 489 g/mol. The number of para-hydroxylation sites is 2. The van der Waals surface area contributed by atoms with E-state index in [2.05, 4.69) is 36.8 Å². The summed E-state index contributed by atoms with van der Waals surface area (Å²) < 4.78 is 0.950. The molecule has 1 heterocycles. The van der Waals surface area contributed by atoms with Gasteiger partial charge in [0.15, 0.2) is 5.17 Å². The molecular formula is C19H16BrN5O4S. The van der Waals surface area contributed by atoms with Gasteiger partial charge in [-0.15, -0.1) is 5.10 Å². The van der Waals surface area contributed by atoms with Gasteiger partial charge in [-0.2, -0.15) is 5.10 Å². The van der Waals surface area contributed by atoms with E-state index < -0.39 is 16.1 Å². The Kier molecular flexibility index (Phi) is 6.95. The molecule has 0 aromatic heterocycles. The maximum atomic E-state index is 12.3. The molecule has 1 fully saturated rings. The molecular weight excluding hydrogens is 474 g/mol. The summed E-state index contributed by atoms with van der Waals surface area (Å²) in [6.45, 7) is 1.80. The van der Waals surface area contributed by atoms with Gasteiger partial charge in [0.25, 0.3) is 5.69 Å². The normalized spacial score (nSPS) is 17.7. The van der Waals surface area contributed by atoms with E-state index in [0.29, 0.717) is 10.9 Å². The Morgan fingerprint density at radius 1 is 1.27 bits per heavy atom. The van der Waals surface area contributed by atoms with Crippen LogP contribution in [0, 0.1) is 10.1 Å². The predicted octanol–water partition coefficient (Wildman–Crippen LogP) is 3.70. The van der Waals surface area contributed by atoms with Crippen molar-refractivity contribution in [3.8, 4) is 0 Å². The lowest BCUT2D eigenvalue weighted by Crippen LogP contribution is -2.28. The van der Waals surface area contributed by atoms with Gasteiger partial charge >= 0.3 is 0 Å². The van der Waals surface area contributed by atoms with Crippen LogP contribution in [0.2, 0.25) is 0 Å². The maximum absolute atomic E-state index is 12.3. The van der Waals surface area contributed by atoms with Gasteiger partial charge in [0, 0.05) is 17.0 Å². The van der Waals surface area contributed by atoms with Gasteiger partial charge in [-0.25, -0.2) is 0 Å². The zero-order valence-electron chi connectivity index (χ0n) is 15.7. The van der Waals surface area contributed by atoms with Gasteiger partial charge in [-0.3, -0.25) is 19.7 Å². The van der Waals surface area contributed by atoms with Crippen LogP contribution in [0.4, 0.5) is 11.4 Å². The molecule has 0 radical (unpaired) electrons. The Labute approximate surface area is 184 Å². The van der Waals surface area contributed by atoms with E-state index in [4.69, 9.17) is 0 Å². The van der Waals surface area contributed by atoms with Gasteiger partial charge in [0.2, 0.25) is 11.8 Å². The second-order valence-corrected chi connectivity index (χ2v) is 8.33. The van der Waals surface area contributed by atoms with Crippen molar-refractivity contribution in [2.24, 2.45) is 10.2 Å². The van der Waals surface area contributed by atoms with Crippen LogP contribution in [0.5, 0.6) is 0 Å². The number of amides is 2. The van der Waals surface area contributed by atoms with Crippen LogP contribution in [0.1, 0.15) is 18.9 Å². The summed E-state index contributed by atoms with van der Waals surface area (Å²) in [7, 11) is 0. The summed E-state index contributed by atoms with van der Waals surface area (Å²) in [6, 6.07) is 13.4. The smallest absolute Gasteiger partial charge is 0.292 e. The average Bonchev–Trinajstić information content (AvgIpc) is 3.06. The standard InChI is InChI=1S/C19H16BrN5O4S/c1-11(12-6-8-13(20)9-7-12)23-24-19-22-18(27)16(30-19)10-17(26)21-14-4-2-3-5-15(14)25(28)29/h2-9,16H,10H2,1H3,(H,21,26)(H,22,24,27). The number of thioether (sulfide) groups is 1. The molecule has 1 aliphatic heterocycles. The molecule has 30 heavy (non-hydrogen) atoms. The third-order valence-corrected chi connectivity index (χ3v) is 5.68. The molecule has 2 amide bonds. The lowest BCUT2D eigenvalue weighted by atomic mass is 10.1. The van der Waals surface area contributed by atoms with E-state index in [1.165, 1.54) is 18.2 Å². The van der Waals surface area contributed by atoms with Crippen molar-refractivity contribution < 1.29 is 14.5 Å². The minimum atomic E-state index is -0.699. The molecule has 1 saturated heterocycles. The third kappa shape index (κ3) is 5.51. The number of anilines is 1. The van der Waals surface area contributed by atoms with Crippen LogP contribution in [-0.4, -0.2) is 32.9 Å².